The molecule has 0 aromatic carbocycles. The van der Waals surface area contributed by atoms with Crippen LogP contribution in [0.4, 0.5) is 37.0 Å². The molecule has 0 unspecified atom stereocenters. The summed E-state index contributed by atoms with van der Waals surface area (Å²) in [6, 6.07) is 1.52. The first kappa shape index (κ1) is 22.1. The SMILES string of the molecule is CCN(CCC(F)(F)F)C(=O)NC1CCN(c2ccc(C(F)(F)F)cn2)CC1. The summed E-state index contributed by atoms with van der Waals surface area (Å²) >= 11 is 0. The molecule has 1 saturated heterocycles. The van der Waals surface area contributed by atoms with E-state index in [-0.39, 0.29) is 12.6 Å². The molecule has 1 aliphatic rings. The van der Waals surface area contributed by atoms with Crippen molar-refractivity contribution < 1.29 is 31.1 Å². The number of urea groups is 1. The summed E-state index contributed by atoms with van der Waals surface area (Å²) in [5.41, 5.74) is -0.822. The number of pyridine rings is 1. The zero-order valence-corrected chi connectivity index (χ0v) is 15.3. The molecule has 1 aliphatic heterocycles. The number of amides is 2. The van der Waals surface area contributed by atoms with Crippen LogP contribution in [0.1, 0.15) is 31.7 Å². The van der Waals surface area contributed by atoms with E-state index in [4.69, 9.17) is 0 Å². The summed E-state index contributed by atoms with van der Waals surface area (Å²) in [6.07, 6.45) is -8.01. The minimum atomic E-state index is -4.44. The molecule has 0 spiro atoms. The smallest absolute Gasteiger partial charge is 0.356 e. The van der Waals surface area contributed by atoms with Gasteiger partial charge >= 0.3 is 18.4 Å². The van der Waals surface area contributed by atoms with Crippen molar-refractivity contribution in [2.24, 2.45) is 0 Å². The van der Waals surface area contributed by atoms with Crippen LogP contribution in [0.3, 0.4) is 0 Å². The lowest BCUT2D eigenvalue weighted by atomic mass is 10.1. The maximum Gasteiger partial charge on any atom is 0.417 e. The molecule has 1 aromatic rings. The average Bonchev–Trinajstić information content (AvgIpc) is 2.61. The van der Waals surface area contributed by atoms with E-state index in [0.717, 1.165) is 17.2 Å². The topological polar surface area (TPSA) is 48.5 Å². The fourth-order valence-electron chi connectivity index (χ4n) is 2.92. The van der Waals surface area contributed by atoms with Crippen molar-refractivity contribution in [2.75, 3.05) is 31.1 Å². The lowest BCUT2D eigenvalue weighted by molar-refractivity contribution is -0.138. The molecule has 1 N–H and O–H groups in total. The zero-order valence-electron chi connectivity index (χ0n) is 15.3. The van der Waals surface area contributed by atoms with Gasteiger partial charge in [0, 0.05) is 38.4 Å². The molecule has 2 amide bonds. The second kappa shape index (κ2) is 8.87. The number of aromatic nitrogens is 1. The Bertz CT molecular complexity index is 639. The summed E-state index contributed by atoms with van der Waals surface area (Å²) in [5.74, 6) is 0.415. The van der Waals surface area contributed by atoms with Crippen LogP contribution in [0, 0.1) is 0 Å². The van der Waals surface area contributed by atoms with Crippen LogP contribution >= 0.6 is 0 Å². The van der Waals surface area contributed by atoms with Crippen molar-refractivity contribution in [2.45, 2.75) is 44.6 Å². The predicted molar refractivity (Wildman–Crippen MR) is 90.9 cm³/mol. The predicted octanol–water partition coefficient (Wildman–Crippen LogP) is 4.05. The third kappa shape index (κ3) is 6.45. The lowest BCUT2D eigenvalue weighted by Gasteiger charge is -2.34. The molecule has 1 aromatic heterocycles. The molecule has 2 heterocycles. The van der Waals surface area contributed by atoms with E-state index in [1.165, 1.54) is 6.07 Å². The van der Waals surface area contributed by atoms with Gasteiger partial charge in [0.2, 0.25) is 0 Å². The van der Waals surface area contributed by atoms with Crippen LogP contribution in [0.2, 0.25) is 0 Å². The van der Waals surface area contributed by atoms with Crippen molar-refractivity contribution in [3.05, 3.63) is 23.9 Å². The minimum Gasteiger partial charge on any atom is -0.356 e. The van der Waals surface area contributed by atoms with Crippen LogP contribution in [0.15, 0.2) is 18.3 Å². The molecule has 2 rings (SSSR count). The van der Waals surface area contributed by atoms with Gasteiger partial charge in [-0.15, -0.1) is 0 Å². The molecule has 28 heavy (non-hydrogen) atoms. The quantitative estimate of drug-likeness (QED) is 0.743. The Balaban J connectivity index is 1.83. The van der Waals surface area contributed by atoms with E-state index in [1.54, 1.807) is 6.92 Å². The summed E-state index contributed by atoms with van der Waals surface area (Å²) in [5, 5.41) is 2.73. The van der Waals surface area contributed by atoms with Crippen LogP contribution in [-0.4, -0.2) is 54.3 Å². The monoisotopic (exact) mass is 412 g/mol. The van der Waals surface area contributed by atoms with E-state index in [0.29, 0.717) is 31.7 Å². The van der Waals surface area contributed by atoms with E-state index in [1.807, 2.05) is 4.90 Å². The maximum atomic E-state index is 12.6. The molecular weight excluding hydrogens is 390 g/mol. The highest BCUT2D eigenvalue weighted by Crippen LogP contribution is 2.29. The summed E-state index contributed by atoms with van der Waals surface area (Å²) < 4.78 is 74.8. The number of anilines is 1. The second-order valence-corrected chi connectivity index (χ2v) is 6.56. The number of carbonyl (C=O) groups excluding carboxylic acids is 1. The molecule has 0 bridgehead atoms. The van der Waals surface area contributed by atoms with Gasteiger partial charge in [-0.3, -0.25) is 0 Å². The van der Waals surface area contributed by atoms with Crippen molar-refractivity contribution in [1.82, 2.24) is 15.2 Å². The van der Waals surface area contributed by atoms with Gasteiger partial charge in [-0.2, -0.15) is 26.3 Å². The normalized spacial score (nSPS) is 16.2. The number of piperidine rings is 1. The van der Waals surface area contributed by atoms with Crippen LogP contribution in [0.5, 0.6) is 0 Å². The Morgan fingerprint density at radius 1 is 1.21 bits per heavy atom. The highest BCUT2D eigenvalue weighted by Gasteiger charge is 2.32. The van der Waals surface area contributed by atoms with Gasteiger partial charge < -0.3 is 15.1 Å². The number of hydrogen-bond donors (Lipinski definition) is 1. The largest absolute Gasteiger partial charge is 0.417 e. The Morgan fingerprint density at radius 2 is 1.86 bits per heavy atom. The molecular formula is C17H22F6N4O. The minimum absolute atomic E-state index is 0.163. The highest BCUT2D eigenvalue weighted by molar-refractivity contribution is 5.74. The third-order valence-corrected chi connectivity index (χ3v) is 4.56. The van der Waals surface area contributed by atoms with Gasteiger partial charge in [0.05, 0.1) is 12.0 Å². The molecule has 0 radical (unpaired) electrons. The number of alkyl halides is 6. The van der Waals surface area contributed by atoms with E-state index in [2.05, 4.69) is 10.3 Å². The van der Waals surface area contributed by atoms with E-state index >= 15 is 0 Å². The molecule has 0 atom stereocenters. The zero-order chi connectivity index (χ0) is 20.9. The van der Waals surface area contributed by atoms with Gasteiger partial charge in [-0.25, -0.2) is 9.78 Å². The van der Waals surface area contributed by atoms with Crippen LogP contribution < -0.4 is 10.2 Å². The van der Waals surface area contributed by atoms with Gasteiger partial charge in [-0.05, 0) is 31.9 Å². The Kier molecular flexibility index (Phi) is 7.00. The van der Waals surface area contributed by atoms with E-state index < -0.39 is 36.9 Å². The molecule has 11 heteroatoms. The van der Waals surface area contributed by atoms with E-state index in [9.17, 15) is 31.1 Å². The van der Waals surface area contributed by atoms with Gasteiger partial charge in [0.15, 0.2) is 0 Å². The average molecular weight is 412 g/mol. The van der Waals surface area contributed by atoms with Crippen molar-refractivity contribution in [3.63, 3.8) is 0 Å². The lowest BCUT2D eigenvalue weighted by Crippen LogP contribution is -2.50. The Labute approximate surface area is 158 Å². The molecule has 158 valence electrons. The first-order valence-electron chi connectivity index (χ1n) is 8.90. The summed E-state index contributed by atoms with van der Waals surface area (Å²) in [6.45, 7) is 2.31. The molecule has 0 aliphatic carbocycles. The van der Waals surface area contributed by atoms with Crippen molar-refractivity contribution in [3.8, 4) is 0 Å². The van der Waals surface area contributed by atoms with Crippen molar-refractivity contribution >= 4 is 11.8 Å². The maximum absolute atomic E-state index is 12.6. The molecule has 1 fully saturated rings. The fourth-order valence-corrected chi connectivity index (χ4v) is 2.92. The fraction of sp³-hybridized carbons (Fsp3) is 0.647. The first-order chi connectivity index (χ1) is 13.0. The molecule has 0 saturated carbocycles. The Morgan fingerprint density at radius 3 is 2.32 bits per heavy atom. The summed E-state index contributed by atoms with van der Waals surface area (Å²) in [7, 11) is 0. The molecule has 5 nitrogen and oxygen atoms in total. The number of halogens is 6. The van der Waals surface area contributed by atoms with Crippen molar-refractivity contribution in [1.29, 1.82) is 0 Å². The van der Waals surface area contributed by atoms with Gasteiger partial charge in [-0.1, -0.05) is 0 Å². The standard InChI is InChI=1S/C17H22F6N4O/c1-2-26(10-7-16(18,19)20)15(28)25-13-5-8-27(9-6-13)14-4-3-12(11-24-14)17(21,22)23/h3-4,11,13H,2,5-10H2,1H3,(H,25,28). The Hall–Kier alpha value is -2.20. The number of nitrogens with one attached hydrogen (secondary N) is 1. The first-order valence-corrected chi connectivity index (χ1v) is 8.90. The summed E-state index contributed by atoms with van der Waals surface area (Å²) in [4.78, 5) is 18.9. The third-order valence-electron chi connectivity index (χ3n) is 4.56. The van der Waals surface area contributed by atoms with Crippen LogP contribution in [-0.2, 0) is 6.18 Å². The van der Waals surface area contributed by atoms with Gasteiger partial charge in [0.25, 0.3) is 0 Å². The number of carbonyl (C=O) groups is 1. The second-order valence-electron chi connectivity index (χ2n) is 6.56. The number of rotatable bonds is 5. The van der Waals surface area contributed by atoms with Gasteiger partial charge in [0.1, 0.15) is 5.82 Å². The highest BCUT2D eigenvalue weighted by atomic mass is 19.4. The number of nitrogens with zero attached hydrogens (tertiary/aromatic N) is 3. The van der Waals surface area contributed by atoms with Crippen LogP contribution in [0.25, 0.3) is 0 Å². The number of hydrogen-bond acceptors (Lipinski definition) is 3.